The molecule has 21 heavy (non-hydrogen) atoms. The van der Waals surface area contributed by atoms with E-state index in [2.05, 4.69) is 51.8 Å². The zero-order valence-electron chi connectivity index (χ0n) is 15.7. The number of rotatable bonds is 8. The molecular weight excluding hydrogens is 260 g/mol. The summed E-state index contributed by atoms with van der Waals surface area (Å²) in [6.45, 7) is 21.5. The average Bonchev–Trinajstić information content (AvgIpc) is 2.29. The van der Waals surface area contributed by atoms with Gasteiger partial charge in [-0.05, 0) is 36.8 Å². The summed E-state index contributed by atoms with van der Waals surface area (Å²) in [6.07, 6.45) is 2.38. The van der Waals surface area contributed by atoms with Crippen LogP contribution in [-0.2, 0) is 4.79 Å². The van der Waals surface area contributed by atoms with Crippen LogP contribution in [0.15, 0.2) is 0 Å². The molecule has 0 bridgehead atoms. The van der Waals surface area contributed by atoms with E-state index >= 15 is 0 Å². The third-order valence-corrected chi connectivity index (χ3v) is 3.61. The zero-order chi connectivity index (χ0) is 16.7. The summed E-state index contributed by atoms with van der Waals surface area (Å²) < 4.78 is 0. The Morgan fingerprint density at radius 2 is 1.33 bits per heavy atom. The molecular formula is C18H38N2O. The summed E-state index contributed by atoms with van der Waals surface area (Å²) in [7, 11) is 0. The Balaban J connectivity index is 4.27. The Morgan fingerprint density at radius 3 is 1.67 bits per heavy atom. The SMILES string of the molecule is CC(C)C(=O)NCCN(CCC(C)(C)C)CCC(C)(C)C. The van der Waals surface area contributed by atoms with Crippen molar-refractivity contribution in [3.8, 4) is 0 Å². The topological polar surface area (TPSA) is 32.3 Å². The number of carbonyl (C=O) groups is 1. The first kappa shape index (κ1) is 20.4. The predicted octanol–water partition coefficient (Wildman–Crippen LogP) is 3.93. The van der Waals surface area contributed by atoms with E-state index in [0.717, 1.165) is 26.2 Å². The quantitative estimate of drug-likeness (QED) is 0.736. The Labute approximate surface area is 132 Å². The van der Waals surface area contributed by atoms with E-state index in [-0.39, 0.29) is 11.8 Å². The van der Waals surface area contributed by atoms with Gasteiger partial charge in [0.1, 0.15) is 0 Å². The highest BCUT2D eigenvalue weighted by Gasteiger charge is 2.17. The van der Waals surface area contributed by atoms with Crippen molar-refractivity contribution in [1.82, 2.24) is 10.2 Å². The Kier molecular flexibility index (Phi) is 8.53. The van der Waals surface area contributed by atoms with Gasteiger partial charge in [-0.3, -0.25) is 4.79 Å². The fraction of sp³-hybridized carbons (Fsp3) is 0.944. The molecule has 0 aromatic heterocycles. The Hall–Kier alpha value is -0.570. The van der Waals surface area contributed by atoms with Crippen LogP contribution >= 0.6 is 0 Å². The minimum atomic E-state index is 0.0719. The second-order valence-electron chi connectivity index (χ2n) is 8.91. The smallest absolute Gasteiger partial charge is 0.222 e. The van der Waals surface area contributed by atoms with Gasteiger partial charge in [0, 0.05) is 19.0 Å². The fourth-order valence-electron chi connectivity index (χ4n) is 1.86. The summed E-state index contributed by atoms with van der Waals surface area (Å²) >= 11 is 0. The lowest BCUT2D eigenvalue weighted by Gasteiger charge is -2.29. The molecule has 0 heterocycles. The number of carbonyl (C=O) groups excluding carboxylic acids is 1. The molecule has 0 aromatic carbocycles. The average molecular weight is 299 g/mol. The number of hydrogen-bond acceptors (Lipinski definition) is 2. The first-order valence-corrected chi connectivity index (χ1v) is 8.41. The van der Waals surface area contributed by atoms with E-state index in [1.807, 2.05) is 13.8 Å². The normalized spacial score (nSPS) is 13.0. The predicted molar refractivity (Wildman–Crippen MR) is 92.4 cm³/mol. The molecule has 0 saturated carbocycles. The molecule has 126 valence electrons. The van der Waals surface area contributed by atoms with Gasteiger partial charge >= 0.3 is 0 Å². The van der Waals surface area contributed by atoms with Crippen LogP contribution in [0, 0.1) is 16.7 Å². The molecule has 0 unspecified atom stereocenters. The van der Waals surface area contributed by atoms with Crippen LogP contribution < -0.4 is 5.32 Å². The van der Waals surface area contributed by atoms with Crippen LogP contribution in [-0.4, -0.2) is 37.0 Å². The second kappa shape index (κ2) is 8.77. The lowest BCUT2D eigenvalue weighted by Crippen LogP contribution is -2.39. The van der Waals surface area contributed by atoms with Crippen molar-refractivity contribution in [2.24, 2.45) is 16.7 Å². The molecule has 0 fully saturated rings. The maximum absolute atomic E-state index is 11.6. The van der Waals surface area contributed by atoms with Gasteiger partial charge in [-0.15, -0.1) is 0 Å². The van der Waals surface area contributed by atoms with Gasteiger partial charge in [0.15, 0.2) is 0 Å². The van der Waals surface area contributed by atoms with Gasteiger partial charge in [-0.25, -0.2) is 0 Å². The van der Waals surface area contributed by atoms with Crippen molar-refractivity contribution in [3.05, 3.63) is 0 Å². The summed E-state index contributed by atoms with van der Waals surface area (Å²) in [6, 6.07) is 0. The van der Waals surface area contributed by atoms with Crippen LogP contribution in [0.25, 0.3) is 0 Å². The molecule has 0 atom stereocenters. The Morgan fingerprint density at radius 1 is 0.905 bits per heavy atom. The minimum Gasteiger partial charge on any atom is -0.355 e. The molecule has 0 radical (unpaired) electrons. The molecule has 0 spiro atoms. The lowest BCUT2D eigenvalue weighted by molar-refractivity contribution is -0.124. The largest absolute Gasteiger partial charge is 0.355 e. The maximum Gasteiger partial charge on any atom is 0.222 e. The standard InChI is InChI=1S/C18H38N2O/c1-15(2)16(21)19-11-14-20(12-9-17(3,4)5)13-10-18(6,7)8/h15H,9-14H2,1-8H3,(H,19,21). The van der Waals surface area contributed by atoms with Gasteiger partial charge < -0.3 is 10.2 Å². The first-order chi connectivity index (χ1) is 9.41. The van der Waals surface area contributed by atoms with Crippen molar-refractivity contribution in [1.29, 1.82) is 0 Å². The molecule has 0 rings (SSSR count). The van der Waals surface area contributed by atoms with Gasteiger partial charge in [0.2, 0.25) is 5.91 Å². The van der Waals surface area contributed by atoms with Crippen LogP contribution in [0.4, 0.5) is 0 Å². The van der Waals surface area contributed by atoms with E-state index < -0.39 is 0 Å². The molecule has 0 aliphatic rings. The van der Waals surface area contributed by atoms with Gasteiger partial charge in [-0.1, -0.05) is 55.4 Å². The molecule has 0 aliphatic heterocycles. The molecule has 1 amide bonds. The third kappa shape index (κ3) is 12.9. The number of nitrogens with zero attached hydrogens (tertiary/aromatic N) is 1. The highest BCUT2D eigenvalue weighted by atomic mass is 16.1. The summed E-state index contributed by atoms with van der Waals surface area (Å²) in [5.41, 5.74) is 0.725. The van der Waals surface area contributed by atoms with Crippen LogP contribution in [0.3, 0.4) is 0 Å². The second-order valence-corrected chi connectivity index (χ2v) is 8.91. The monoisotopic (exact) mass is 298 g/mol. The highest BCUT2D eigenvalue weighted by Crippen LogP contribution is 2.21. The van der Waals surface area contributed by atoms with Crippen LogP contribution in [0.2, 0.25) is 0 Å². The minimum absolute atomic E-state index is 0.0719. The van der Waals surface area contributed by atoms with Crippen molar-refractivity contribution >= 4 is 5.91 Å². The van der Waals surface area contributed by atoms with E-state index in [1.165, 1.54) is 12.8 Å². The van der Waals surface area contributed by atoms with E-state index in [4.69, 9.17) is 0 Å². The first-order valence-electron chi connectivity index (χ1n) is 8.41. The third-order valence-electron chi connectivity index (χ3n) is 3.61. The number of nitrogens with one attached hydrogen (secondary N) is 1. The number of hydrogen-bond donors (Lipinski definition) is 1. The summed E-state index contributed by atoms with van der Waals surface area (Å²) in [5.74, 6) is 0.226. The zero-order valence-corrected chi connectivity index (χ0v) is 15.7. The molecule has 0 aliphatic carbocycles. The van der Waals surface area contributed by atoms with Crippen molar-refractivity contribution < 1.29 is 4.79 Å². The van der Waals surface area contributed by atoms with Gasteiger partial charge in [0.25, 0.3) is 0 Å². The summed E-state index contributed by atoms with van der Waals surface area (Å²) in [4.78, 5) is 14.1. The molecule has 3 heteroatoms. The van der Waals surface area contributed by atoms with E-state index in [1.54, 1.807) is 0 Å². The number of amides is 1. The molecule has 0 aromatic rings. The molecule has 1 N–H and O–H groups in total. The Bertz CT molecular complexity index is 279. The van der Waals surface area contributed by atoms with Crippen molar-refractivity contribution in [2.45, 2.75) is 68.2 Å². The highest BCUT2D eigenvalue weighted by molar-refractivity contribution is 5.77. The van der Waals surface area contributed by atoms with E-state index in [0.29, 0.717) is 10.8 Å². The van der Waals surface area contributed by atoms with Crippen molar-refractivity contribution in [2.75, 3.05) is 26.2 Å². The molecule has 0 saturated heterocycles. The van der Waals surface area contributed by atoms with Gasteiger partial charge in [-0.2, -0.15) is 0 Å². The molecule has 3 nitrogen and oxygen atoms in total. The van der Waals surface area contributed by atoms with Crippen LogP contribution in [0.1, 0.15) is 68.2 Å². The van der Waals surface area contributed by atoms with E-state index in [9.17, 15) is 4.79 Å². The maximum atomic E-state index is 11.6. The van der Waals surface area contributed by atoms with Crippen molar-refractivity contribution in [3.63, 3.8) is 0 Å². The van der Waals surface area contributed by atoms with Gasteiger partial charge in [0.05, 0.1) is 0 Å². The lowest BCUT2D eigenvalue weighted by atomic mass is 9.90. The summed E-state index contributed by atoms with van der Waals surface area (Å²) in [5, 5.41) is 3.03. The fourth-order valence-corrected chi connectivity index (χ4v) is 1.86. The van der Waals surface area contributed by atoms with Crippen LogP contribution in [0.5, 0.6) is 0 Å².